The highest BCUT2D eigenvalue weighted by Crippen LogP contribution is 2.13. The van der Waals surface area contributed by atoms with Crippen LogP contribution < -0.4 is 15.6 Å². The highest BCUT2D eigenvalue weighted by Gasteiger charge is 2.11. The maximum atomic E-state index is 12.1. The van der Waals surface area contributed by atoms with E-state index in [4.69, 9.17) is 4.74 Å². The molecule has 7 heteroatoms. The Bertz CT molecular complexity index is 883. The molecular weight excluding hydrogens is 332 g/mol. The number of para-hydroxylation sites is 2. The smallest absolute Gasteiger partial charge is 0.269 e. The molecule has 0 spiro atoms. The van der Waals surface area contributed by atoms with Gasteiger partial charge in [0.1, 0.15) is 11.6 Å². The number of aromatic amines is 1. The van der Waals surface area contributed by atoms with Gasteiger partial charge in [0.05, 0.1) is 23.6 Å². The zero-order valence-electron chi connectivity index (χ0n) is 14.6. The zero-order chi connectivity index (χ0) is 18.5. The normalized spacial score (nSPS) is 10.7. The SMILES string of the molecule is CC(C)Oc1ccc(C(=O)NNC(=O)Cc2nc3ccccc3[nH]2)cc1. The second-order valence-corrected chi connectivity index (χ2v) is 6.07. The van der Waals surface area contributed by atoms with Crippen molar-refractivity contribution in [3.8, 4) is 5.75 Å². The van der Waals surface area contributed by atoms with E-state index in [0.717, 1.165) is 11.0 Å². The first kappa shape index (κ1) is 17.5. The number of hydrogen-bond donors (Lipinski definition) is 3. The van der Waals surface area contributed by atoms with E-state index in [-0.39, 0.29) is 18.4 Å². The fourth-order valence-electron chi connectivity index (χ4n) is 2.44. The third-order valence-electron chi connectivity index (χ3n) is 3.57. The van der Waals surface area contributed by atoms with Crippen LogP contribution in [-0.4, -0.2) is 27.9 Å². The van der Waals surface area contributed by atoms with Gasteiger partial charge in [-0.25, -0.2) is 4.98 Å². The first-order valence-corrected chi connectivity index (χ1v) is 8.31. The molecule has 2 aromatic carbocycles. The largest absolute Gasteiger partial charge is 0.491 e. The van der Waals surface area contributed by atoms with Gasteiger partial charge in [-0.3, -0.25) is 20.4 Å². The van der Waals surface area contributed by atoms with Gasteiger partial charge in [0.25, 0.3) is 5.91 Å². The number of H-pyrrole nitrogens is 1. The maximum absolute atomic E-state index is 12.1. The molecule has 0 aliphatic rings. The van der Waals surface area contributed by atoms with Crippen LogP contribution in [0.2, 0.25) is 0 Å². The fraction of sp³-hybridized carbons (Fsp3) is 0.211. The van der Waals surface area contributed by atoms with Gasteiger partial charge in [-0.15, -0.1) is 0 Å². The Morgan fingerprint density at radius 1 is 1.08 bits per heavy atom. The van der Waals surface area contributed by atoms with Gasteiger partial charge in [-0.1, -0.05) is 12.1 Å². The van der Waals surface area contributed by atoms with Crippen LogP contribution in [0.15, 0.2) is 48.5 Å². The number of imidazole rings is 1. The van der Waals surface area contributed by atoms with Crippen molar-refractivity contribution in [1.29, 1.82) is 0 Å². The number of aromatic nitrogens is 2. The third-order valence-corrected chi connectivity index (χ3v) is 3.57. The Morgan fingerprint density at radius 3 is 2.50 bits per heavy atom. The molecule has 0 fully saturated rings. The molecule has 134 valence electrons. The van der Waals surface area contributed by atoms with Gasteiger partial charge in [0.2, 0.25) is 5.91 Å². The summed E-state index contributed by atoms with van der Waals surface area (Å²) in [7, 11) is 0. The number of carbonyl (C=O) groups is 2. The van der Waals surface area contributed by atoms with E-state index in [0.29, 0.717) is 17.1 Å². The van der Waals surface area contributed by atoms with E-state index >= 15 is 0 Å². The molecule has 0 bridgehead atoms. The van der Waals surface area contributed by atoms with Gasteiger partial charge in [0, 0.05) is 5.56 Å². The topological polar surface area (TPSA) is 96.1 Å². The van der Waals surface area contributed by atoms with Gasteiger partial charge >= 0.3 is 0 Å². The van der Waals surface area contributed by atoms with Gasteiger partial charge in [-0.05, 0) is 50.2 Å². The van der Waals surface area contributed by atoms with Crippen LogP contribution >= 0.6 is 0 Å². The molecule has 0 atom stereocenters. The number of nitrogens with zero attached hydrogens (tertiary/aromatic N) is 1. The molecule has 3 N–H and O–H groups in total. The molecule has 0 saturated carbocycles. The predicted molar refractivity (Wildman–Crippen MR) is 97.6 cm³/mol. The number of fused-ring (bicyclic) bond motifs is 1. The van der Waals surface area contributed by atoms with Gasteiger partial charge in [0.15, 0.2) is 0 Å². The van der Waals surface area contributed by atoms with Crippen LogP contribution in [0.5, 0.6) is 5.75 Å². The van der Waals surface area contributed by atoms with E-state index in [1.165, 1.54) is 0 Å². The molecule has 0 aliphatic heterocycles. The number of ether oxygens (including phenoxy) is 1. The van der Waals surface area contributed by atoms with Crippen molar-refractivity contribution < 1.29 is 14.3 Å². The summed E-state index contributed by atoms with van der Waals surface area (Å²) in [5.74, 6) is 0.454. The average molecular weight is 352 g/mol. The van der Waals surface area contributed by atoms with Crippen molar-refractivity contribution in [2.24, 2.45) is 0 Å². The van der Waals surface area contributed by atoms with Crippen LogP contribution in [0, 0.1) is 0 Å². The summed E-state index contributed by atoms with van der Waals surface area (Å²) in [6.45, 7) is 3.86. The summed E-state index contributed by atoms with van der Waals surface area (Å²) in [5, 5.41) is 0. The van der Waals surface area contributed by atoms with Crippen LogP contribution in [0.3, 0.4) is 0 Å². The van der Waals surface area contributed by atoms with Crippen molar-refractivity contribution >= 4 is 22.8 Å². The quantitative estimate of drug-likeness (QED) is 0.614. The van der Waals surface area contributed by atoms with Crippen LogP contribution in [0.25, 0.3) is 11.0 Å². The average Bonchev–Trinajstić information content (AvgIpc) is 3.02. The molecule has 26 heavy (non-hydrogen) atoms. The minimum absolute atomic E-state index is 0.0378. The minimum Gasteiger partial charge on any atom is -0.491 e. The number of hydrazine groups is 1. The lowest BCUT2D eigenvalue weighted by atomic mass is 10.2. The highest BCUT2D eigenvalue weighted by molar-refractivity contribution is 5.95. The van der Waals surface area contributed by atoms with Crippen molar-refractivity contribution in [3.05, 3.63) is 59.9 Å². The van der Waals surface area contributed by atoms with E-state index in [2.05, 4.69) is 20.8 Å². The van der Waals surface area contributed by atoms with E-state index < -0.39 is 5.91 Å². The molecule has 2 amide bonds. The summed E-state index contributed by atoms with van der Waals surface area (Å²) in [6.07, 6.45) is 0.100. The number of hydrogen-bond acceptors (Lipinski definition) is 4. The van der Waals surface area contributed by atoms with Crippen molar-refractivity contribution in [2.45, 2.75) is 26.4 Å². The lowest BCUT2D eigenvalue weighted by molar-refractivity contribution is -0.121. The van der Waals surface area contributed by atoms with Crippen molar-refractivity contribution in [2.75, 3.05) is 0 Å². The molecule has 0 aliphatic carbocycles. The lowest BCUT2D eigenvalue weighted by Gasteiger charge is -2.10. The standard InChI is InChI=1S/C19H20N4O3/c1-12(2)26-14-9-7-13(8-10-14)19(25)23-22-18(24)11-17-20-15-5-3-4-6-16(15)21-17/h3-10,12H,11H2,1-2H3,(H,20,21)(H,22,24)(H,23,25). The molecule has 3 rings (SSSR count). The first-order chi connectivity index (χ1) is 12.5. The lowest BCUT2D eigenvalue weighted by Crippen LogP contribution is -2.42. The Morgan fingerprint density at radius 2 is 1.81 bits per heavy atom. The van der Waals surface area contributed by atoms with Gasteiger partial charge in [-0.2, -0.15) is 0 Å². The van der Waals surface area contributed by atoms with E-state index in [1.54, 1.807) is 24.3 Å². The van der Waals surface area contributed by atoms with E-state index in [1.807, 2.05) is 38.1 Å². The maximum Gasteiger partial charge on any atom is 0.269 e. The number of benzene rings is 2. The number of carbonyl (C=O) groups excluding carboxylic acids is 2. The Hall–Kier alpha value is -3.35. The summed E-state index contributed by atoms with van der Waals surface area (Å²) in [4.78, 5) is 31.5. The van der Waals surface area contributed by atoms with Crippen molar-refractivity contribution in [3.63, 3.8) is 0 Å². The Kier molecular flexibility index (Phi) is 5.17. The van der Waals surface area contributed by atoms with E-state index in [9.17, 15) is 9.59 Å². The van der Waals surface area contributed by atoms with Gasteiger partial charge < -0.3 is 9.72 Å². The Labute approximate surface area is 150 Å². The second kappa shape index (κ2) is 7.69. The number of amides is 2. The van der Waals surface area contributed by atoms with Crippen molar-refractivity contribution in [1.82, 2.24) is 20.8 Å². The first-order valence-electron chi connectivity index (χ1n) is 8.31. The predicted octanol–water partition coefficient (Wildman–Crippen LogP) is 2.35. The number of rotatable bonds is 5. The molecule has 3 aromatic rings. The summed E-state index contributed by atoms with van der Waals surface area (Å²) in [5.41, 5.74) is 6.86. The molecule has 0 radical (unpaired) electrons. The molecule has 1 aromatic heterocycles. The Balaban J connectivity index is 1.52. The molecule has 0 unspecified atom stereocenters. The second-order valence-electron chi connectivity index (χ2n) is 6.07. The highest BCUT2D eigenvalue weighted by atomic mass is 16.5. The molecule has 1 heterocycles. The monoisotopic (exact) mass is 352 g/mol. The molecule has 0 saturated heterocycles. The van der Waals surface area contributed by atoms with Crippen LogP contribution in [0.1, 0.15) is 30.0 Å². The summed E-state index contributed by atoms with van der Waals surface area (Å²) in [6, 6.07) is 14.2. The zero-order valence-corrected chi connectivity index (χ0v) is 14.6. The van der Waals surface area contributed by atoms with Crippen LogP contribution in [0.4, 0.5) is 0 Å². The summed E-state index contributed by atoms with van der Waals surface area (Å²) < 4.78 is 5.53. The summed E-state index contributed by atoms with van der Waals surface area (Å²) >= 11 is 0. The third kappa shape index (κ3) is 4.38. The minimum atomic E-state index is -0.404. The number of nitrogens with one attached hydrogen (secondary N) is 3. The van der Waals surface area contributed by atoms with Crippen LogP contribution in [-0.2, 0) is 11.2 Å². The molecule has 7 nitrogen and oxygen atoms in total. The fourth-order valence-corrected chi connectivity index (χ4v) is 2.44. The molecular formula is C19H20N4O3.